The summed E-state index contributed by atoms with van der Waals surface area (Å²) in [6, 6.07) is 0. The average molecular weight is 168 g/mol. The Morgan fingerprint density at radius 3 is 2.75 bits per heavy atom. The number of hydrogen-bond acceptors (Lipinski definition) is 3. The highest BCUT2D eigenvalue weighted by atomic mass is 16.5. The van der Waals surface area contributed by atoms with Gasteiger partial charge in [0.15, 0.2) is 0 Å². The highest BCUT2D eigenvalue weighted by molar-refractivity contribution is 5.90. The highest BCUT2D eigenvalue weighted by Gasteiger charge is 2.48. The predicted octanol–water partition coefficient (Wildman–Crippen LogP) is 0.775. The van der Waals surface area contributed by atoms with E-state index in [2.05, 4.69) is 4.74 Å². The molecule has 0 heterocycles. The Hall–Kier alpha value is -0.860. The van der Waals surface area contributed by atoms with Crippen LogP contribution in [0.25, 0.3) is 0 Å². The van der Waals surface area contributed by atoms with E-state index in [0.717, 1.165) is 12.8 Å². The van der Waals surface area contributed by atoms with E-state index in [1.807, 2.05) is 0 Å². The summed E-state index contributed by atoms with van der Waals surface area (Å²) in [4.78, 5) is 22.4. The molecule has 12 heavy (non-hydrogen) atoms. The smallest absolute Gasteiger partial charge is 0.309 e. The maximum absolute atomic E-state index is 11.3. The van der Waals surface area contributed by atoms with Gasteiger partial charge in [0, 0.05) is 12.3 Å². The monoisotopic (exact) mass is 168 g/mol. The van der Waals surface area contributed by atoms with Crippen LogP contribution in [-0.4, -0.2) is 18.9 Å². The number of fused-ring (bicyclic) bond motifs is 2. The minimum Gasteiger partial charge on any atom is -0.469 e. The normalized spacial score (nSPS) is 38.8. The Labute approximate surface area is 71.1 Å². The predicted molar refractivity (Wildman–Crippen MR) is 41.3 cm³/mol. The van der Waals surface area contributed by atoms with Crippen molar-refractivity contribution in [2.24, 2.45) is 17.8 Å². The summed E-state index contributed by atoms with van der Waals surface area (Å²) in [5.74, 6) is 0.396. The van der Waals surface area contributed by atoms with Crippen molar-refractivity contribution in [2.75, 3.05) is 7.11 Å². The molecular weight excluding hydrogens is 156 g/mol. The van der Waals surface area contributed by atoms with Crippen molar-refractivity contribution in [3.05, 3.63) is 0 Å². The lowest BCUT2D eigenvalue weighted by molar-refractivity contribution is -0.149. The van der Waals surface area contributed by atoms with Gasteiger partial charge >= 0.3 is 5.97 Å². The minimum absolute atomic E-state index is 0.0116. The molecular formula is C9H12O3. The molecule has 2 bridgehead atoms. The molecule has 2 aliphatic rings. The third-order valence-corrected chi connectivity index (χ3v) is 3.07. The molecule has 0 aromatic heterocycles. The maximum Gasteiger partial charge on any atom is 0.309 e. The lowest BCUT2D eigenvalue weighted by atomic mass is 9.88. The molecule has 0 aromatic rings. The molecule has 0 radical (unpaired) electrons. The zero-order valence-corrected chi connectivity index (χ0v) is 7.08. The largest absolute Gasteiger partial charge is 0.469 e. The van der Waals surface area contributed by atoms with Crippen molar-refractivity contribution in [3.8, 4) is 0 Å². The zero-order chi connectivity index (χ0) is 8.72. The summed E-state index contributed by atoms with van der Waals surface area (Å²) >= 11 is 0. The first-order valence-corrected chi connectivity index (χ1v) is 4.33. The number of hydrogen-bond donors (Lipinski definition) is 0. The lowest BCUT2D eigenvalue weighted by Crippen LogP contribution is -2.27. The molecule has 0 amide bonds. The van der Waals surface area contributed by atoms with Crippen LogP contribution in [-0.2, 0) is 14.3 Å². The second kappa shape index (κ2) is 2.57. The number of carbonyl (C=O) groups is 2. The Balaban J connectivity index is 2.12. The summed E-state index contributed by atoms with van der Waals surface area (Å²) in [7, 11) is 1.39. The summed E-state index contributed by atoms with van der Waals surface area (Å²) in [6.45, 7) is 0. The van der Waals surface area contributed by atoms with Crippen LogP contribution < -0.4 is 0 Å². The van der Waals surface area contributed by atoms with E-state index in [1.165, 1.54) is 7.11 Å². The molecule has 2 aliphatic carbocycles. The first-order chi connectivity index (χ1) is 5.72. The number of carbonyl (C=O) groups excluding carboxylic acids is 2. The van der Waals surface area contributed by atoms with Crippen LogP contribution in [0, 0.1) is 17.8 Å². The molecule has 0 aromatic carbocycles. The van der Waals surface area contributed by atoms with E-state index in [-0.39, 0.29) is 23.6 Å². The van der Waals surface area contributed by atoms with E-state index in [0.29, 0.717) is 12.3 Å². The van der Waals surface area contributed by atoms with Gasteiger partial charge in [-0.15, -0.1) is 0 Å². The molecule has 0 aliphatic heterocycles. The van der Waals surface area contributed by atoms with Gasteiger partial charge in [-0.3, -0.25) is 9.59 Å². The molecule has 2 rings (SSSR count). The Morgan fingerprint density at radius 1 is 1.50 bits per heavy atom. The standard InChI is InChI=1S/C9H12O3/c1-12-9(11)7-3-5-2-6(7)8(10)4-5/h5-7H,2-4H2,1H3/t5-,6+,7-/m0/s1. The molecule has 0 saturated heterocycles. The number of methoxy groups -OCH3 is 1. The molecule has 3 nitrogen and oxygen atoms in total. The molecule has 0 N–H and O–H groups in total. The van der Waals surface area contributed by atoms with E-state index >= 15 is 0 Å². The topological polar surface area (TPSA) is 43.4 Å². The van der Waals surface area contributed by atoms with Crippen LogP contribution >= 0.6 is 0 Å². The SMILES string of the molecule is COC(=O)[C@H]1C[C@H]2CC(=O)[C@@H]1C2. The van der Waals surface area contributed by atoms with Gasteiger partial charge in [-0.2, -0.15) is 0 Å². The van der Waals surface area contributed by atoms with Crippen LogP contribution in [0.5, 0.6) is 0 Å². The molecule has 3 atom stereocenters. The van der Waals surface area contributed by atoms with Gasteiger partial charge in [0.05, 0.1) is 13.0 Å². The summed E-state index contributed by atoms with van der Waals surface area (Å²) in [5.41, 5.74) is 0. The van der Waals surface area contributed by atoms with E-state index in [9.17, 15) is 9.59 Å². The molecule has 66 valence electrons. The lowest BCUT2D eigenvalue weighted by Gasteiger charge is -2.17. The second-order valence-corrected chi connectivity index (χ2v) is 3.74. The van der Waals surface area contributed by atoms with E-state index in [1.54, 1.807) is 0 Å². The van der Waals surface area contributed by atoms with Crippen molar-refractivity contribution >= 4 is 11.8 Å². The molecule has 0 spiro atoms. The van der Waals surface area contributed by atoms with Crippen LogP contribution in [0.2, 0.25) is 0 Å². The first-order valence-electron chi connectivity index (χ1n) is 4.33. The molecule has 3 heteroatoms. The van der Waals surface area contributed by atoms with E-state index in [4.69, 9.17) is 0 Å². The Kier molecular flexibility index (Phi) is 1.67. The number of Topliss-reactive ketones (excluding diaryl/α,β-unsaturated/α-hetero) is 1. The third-order valence-electron chi connectivity index (χ3n) is 3.07. The molecule has 2 saturated carbocycles. The van der Waals surface area contributed by atoms with Gasteiger partial charge < -0.3 is 4.74 Å². The summed E-state index contributed by atoms with van der Waals surface area (Å²) in [6.07, 6.45) is 2.47. The van der Waals surface area contributed by atoms with Gasteiger partial charge in [0.25, 0.3) is 0 Å². The second-order valence-electron chi connectivity index (χ2n) is 3.74. The van der Waals surface area contributed by atoms with Crippen molar-refractivity contribution < 1.29 is 14.3 Å². The van der Waals surface area contributed by atoms with Gasteiger partial charge in [-0.05, 0) is 18.8 Å². The fourth-order valence-corrected chi connectivity index (χ4v) is 2.51. The van der Waals surface area contributed by atoms with Crippen LogP contribution in [0.3, 0.4) is 0 Å². The van der Waals surface area contributed by atoms with Crippen molar-refractivity contribution in [3.63, 3.8) is 0 Å². The van der Waals surface area contributed by atoms with Crippen LogP contribution in [0.15, 0.2) is 0 Å². The van der Waals surface area contributed by atoms with Gasteiger partial charge in [0.1, 0.15) is 5.78 Å². The fraction of sp³-hybridized carbons (Fsp3) is 0.778. The number of ketones is 1. The molecule has 2 fully saturated rings. The van der Waals surface area contributed by atoms with Crippen molar-refractivity contribution in [2.45, 2.75) is 19.3 Å². The summed E-state index contributed by atoms with van der Waals surface area (Å²) in [5, 5.41) is 0. The van der Waals surface area contributed by atoms with E-state index < -0.39 is 0 Å². The fourth-order valence-electron chi connectivity index (χ4n) is 2.51. The van der Waals surface area contributed by atoms with Crippen molar-refractivity contribution in [1.29, 1.82) is 0 Å². The van der Waals surface area contributed by atoms with Crippen molar-refractivity contribution in [1.82, 2.24) is 0 Å². The zero-order valence-electron chi connectivity index (χ0n) is 7.08. The number of rotatable bonds is 1. The first kappa shape index (κ1) is 7.77. The number of esters is 1. The van der Waals surface area contributed by atoms with Crippen LogP contribution in [0.4, 0.5) is 0 Å². The maximum atomic E-state index is 11.3. The van der Waals surface area contributed by atoms with Gasteiger partial charge in [-0.25, -0.2) is 0 Å². The van der Waals surface area contributed by atoms with Gasteiger partial charge in [-0.1, -0.05) is 0 Å². The number of ether oxygens (including phenoxy) is 1. The van der Waals surface area contributed by atoms with Crippen LogP contribution in [0.1, 0.15) is 19.3 Å². The highest BCUT2D eigenvalue weighted by Crippen LogP contribution is 2.46. The quantitative estimate of drug-likeness (QED) is 0.543. The minimum atomic E-state index is -0.199. The Bertz CT molecular complexity index is 234. The molecule has 0 unspecified atom stereocenters. The Morgan fingerprint density at radius 2 is 2.25 bits per heavy atom. The van der Waals surface area contributed by atoms with Gasteiger partial charge in [0.2, 0.25) is 0 Å². The summed E-state index contributed by atoms with van der Waals surface area (Å²) < 4.78 is 4.64. The average Bonchev–Trinajstić information content (AvgIpc) is 2.60. The third kappa shape index (κ3) is 0.958.